The summed E-state index contributed by atoms with van der Waals surface area (Å²) >= 11 is 0. The highest BCUT2D eigenvalue weighted by atomic mass is 19.1. The van der Waals surface area contributed by atoms with Gasteiger partial charge in [-0.25, -0.2) is 19.3 Å². The zero-order valence-corrected chi connectivity index (χ0v) is 20.7. The van der Waals surface area contributed by atoms with Crippen LogP contribution >= 0.6 is 0 Å². The number of hydrogen-bond donors (Lipinski definition) is 1. The van der Waals surface area contributed by atoms with E-state index < -0.39 is 4.92 Å². The van der Waals surface area contributed by atoms with Crippen LogP contribution in [-0.4, -0.2) is 70.7 Å². The topological polar surface area (TPSA) is 114 Å². The van der Waals surface area contributed by atoms with Crippen molar-refractivity contribution in [2.45, 2.75) is 0 Å². The van der Waals surface area contributed by atoms with E-state index in [1.165, 1.54) is 25.3 Å². The van der Waals surface area contributed by atoms with E-state index in [0.29, 0.717) is 40.7 Å². The third kappa shape index (κ3) is 5.03. The number of methoxy groups -OCH3 is 1. The summed E-state index contributed by atoms with van der Waals surface area (Å²) < 4.78 is 21.0. The number of nitrogens with one attached hydrogen (secondary N) is 1. The van der Waals surface area contributed by atoms with E-state index in [1.807, 2.05) is 35.5 Å². The van der Waals surface area contributed by atoms with E-state index in [4.69, 9.17) is 4.74 Å². The van der Waals surface area contributed by atoms with E-state index in [2.05, 4.69) is 20.3 Å². The lowest BCUT2D eigenvalue weighted by Crippen LogP contribution is -2.28. The van der Waals surface area contributed by atoms with Gasteiger partial charge in [0.2, 0.25) is 5.95 Å². The number of likely N-dealkylation sites (N-methyl/N-ethyl adjacent to an activating group) is 2. The Hall–Kier alpha value is -4.32. The van der Waals surface area contributed by atoms with Crippen LogP contribution in [0.4, 0.5) is 27.4 Å². The highest BCUT2D eigenvalue weighted by Crippen LogP contribution is 2.39. The van der Waals surface area contributed by atoms with Gasteiger partial charge >= 0.3 is 0 Å². The number of nitro groups is 1. The van der Waals surface area contributed by atoms with E-state index >= 15 is 0 Å². The summed E-state index contributed by atoms with van der Waals surface area (Å²) in [4.78, 5) is 28.6. The van der Waals surface area contributed by atoms with E-state index in [1.54, 1.807) is 31.4 Å². The molecule has 188 valence electrons. The Bertz CT molecular complexity index is 1420. The van der Waals surface area contributed by atoms with Crippen LogP contribution in [0.1, 0.15) is 0 Å². The first kappa shape index (κ1) is 24.8. The van der Waals surface area contributed by atoms with Gasteiger partial charge in [-0.2, -0.15) is 0 Å². The van der Waals surface area contributed by atoms with Gasteiger partial charge in [0, 0.05) is 51.6 Å². The van der Waals surface area contributed by atoms with E-state index in [-0.39, 0.29) is 17.5 Å². The van der Waals surface area contributed by atoms with Gasteiger partial charge in [0.1, 0.15) is 22.9 Å². The molecule has 0 atom stereocenters. The maximum Gasteiger partial charge on any atom is 0.294 e. The first-order chi connectivity index (χ1) is 17.2. The third-order valence-electron chi connectivity index (χ3n) is 5.76. The lowest BCUT2D eigenvalue weighted by Gasteiger charge is -2.22. The Labute approximate surface area is 207 Å². The second kappa shape index (κ2) is 10.1. The molecule has 4 rings (SSSR count). The van der Waals surface area contributed by atoms with Crippen molar-refractivity contribution in [3.8, 4) is 17.3 Å². The van der Waals surface area contributed by atoms with Gasteiger partial charge in [-0.15, -0.1) is 0 Å². The summed E-state index contributed by atoms with van der Waals surface area (Å²) in [5.74, 6) is 0.755. The standard InChI is InChI=1S/C24H27FN8O3/c1-30(2)10-11-31(3)20-14-22(36-5)18(13-21(20)33(34)35)29-24-26-9-8-16(28-24)23-27-17-12-15(25)6-7-19(17)32(23)4/h6-9,12-14H,10-11H2,1-5H3,(H,26,28,29). The summed E-state index contributed by atoms with van der Waals surface area (Å²) in [6.45, 7) is 1.32. The van der Waals surface area contributed by atoms with Crippen LogP contribution in [0.3, 0.4) is 0 Å². The molecule has 0 amide bonds. The molecule has 0 fully saturated rings. The fourth-order valence-corrected chi connectivity index (χ4v) is 3.81. The molecule has 36 heavy (non-hydrogen) atoms. The normalized spacial score (nSPS) is 11.2. The van der Waals surface area contributed by atoms with Crippen LogP contribution in [0.25, 0.3) is 22.6 Å². The van der Waals surface area contributed by atoms with Crippen LogP contribution in [0.2, 0.25) is 0 Å². The number of anilines is 3. The second-order valence-corrected chi connectivity index (χ2v) is 8.54. The van der Waals surface area contributed by atoms with Crippen LogP contribution in [0, 0.1) is 15.9 Å². The third-order valence-corrected chi connectivity index (χ3v) is 5.76. The van der Waals surface area contributed by atoms with Crippen molar-refractivity contribution < 1.29 is 14.1 Å². The average molecular weight is 495 g/mol. The number of hydrogen-bond acceptors (Lipinski definition) is 9. The van der Waals surface area contributed by atoms with Crippen molar-refractivity contribution in [1.29, 1.82) is 0 Å². The van der Waals surface area contributed by atoms with Gasteiger partial charge in [-0.05, 0) is 32.3 Å². The summed E-state index contributed by atoms with van der Waals surface area (Å²) in [7, 11) is 8.99. The highest BCUT2D eigenvalue weighted by molar-refractivity contribution is 5.80. The van der Waals surface area contributed by atoms with E-state index in [9.17, 15) is 14.5 Å². The number of ether oxygens (including phenoxy) is 1. The predicted octanol–water partition coefficient (Wildman–Crippen LogP) is 3.83. The van der Waals surface area contributed by atoms with Crippen molar-refractivity contribution in [2.75, 3.05) is 51.6 Å². The Kier molecular flexibility index (Phi) is 6.97. The summed E-state index contributed by atoms with van der Waals surface area (Å²) in [6, 6.07) is 9.11. The molecule has 0 saturated carbocycles. The fourth-order valence-electron chi connectivity index (χ4n) is 3.81. The number of halogens is 1. The average Bonchev–Trinajstić information content (AvgIpc) is 3.17. The molecular weight excluding hydrogens is 467 g/mol. The van der Waals surface area contributed by atoms with Crippen molar-refractivity contribution in [3.05, 3.63) is 58.5 Å². The van der Waals surface area contributed by atoms with E-state index in [0.717, 1.165) is 12.1 Å². The summed E-state index contributed by atoms with van der Waals surface area (Å²) in [5, 5.41) is 14.9. The van der Waals surface area contributed by atoms with Crippen LogP contribution in [0.15, 0.2) is 42.6 Å². The largest absolute Gasteiger partial charge is 0.494 e. The van der Waals surface area contributed by atoms with Crippen LogP contribution in [-0.2, 0) is 7.05 Å². The minimum absolute atomic E-state index is 0.0758. The molecule has 11 nitrogen and oxygen atoms in total. The minimum atomic E-state index is -0.429. The van der Waals surface area contributed by atoms with Crippen molar-refractivity contribution in [3.63, 3.8) is 0 Å². The van der Waals surface area contributed by atoms with Gasteiger partial charge in [0.15, 0.2) is 5.82 Å². The van der Waals surface area contributed by atoms with Crippen LogP contribution in [0.5, 0.6) is 5.75 Å². The molecule has 0 bridgehead atoms. The SMILES string of the molecule is COc1cc(N(C)CCN(C)C)c([N+](=O)[O-])cc1Nc1nccc(-c2nc3cc(F)ccc3n2C)n1. The second-order valence-electron chi connectivity index (χ2n) is 8.54. The quantitative estimate of drug-likeness (QED) is 0.274. The highest BCUT2D eigenvalue weighted by Gasteiger charge is 2.22. The predicted molar refractivity (Wildman–Crippen MR) is 136 cm³/mol. The maximum absolute atomic E-state index is 13.7. The van der Waals surface area contributed by atoms with Crippen molar-refractivity contribution in [1.82, 2.24) is 24.4 Å². The molecule has 2 aromatic heterocycles. The molecule has 0 unspecified atom stereocenters. The molecule has 2 aromatic carbocycles. The zero-order valence-electron chi connectivity index (χ0n) is 20.7. The maximum atomic E-state index is 13.7. The number of rotatable bonds is 9. The molecule has 0 saturated heterocycles. The molecule has 0 radical (unpaired) electrons. The van der Waals surface area contributed by atoms with Crippen molar-refractivity contribution in [2.24, 2.45) is 7.05 Å². The molecule has 0 spiro atoms. The summed E-state index contributed by atoms with van der Waals surface area (Å²) in [5.41, 5.74) is 2.47. The monoisotopic (exact) mass is 494 g/mol. The Morgan fingerprint density at radius 3 is 2.61 bits per heavy atom. The molecular formula is C24H27FN8O3. The molecule has 0 aliphatic rings. The molecule has 2 heterocycles. The fraction of sp³-hybridized carbons (Fsp3) is 0.292. The number of benzene rings is 2. The van der Waals surface area contributed by atoms with Gasteiger partial charge in [0.05, 0.1) is 28.8 Å². The number of fused-ring (bicyclic) bond motifs is 1. The first-order valence-corrected chi connectivity index (χ1v) is 11.1. The lowest BCUT2D eigenvalue weighted by atomic mass is 10.2. The molecule has 1 N–H and O–H groups in total. The van der Waals surface area contributed by atoms with Gasteiger partial charge in [-0.1, -0.05) is 0 Å². The Balaban J connectivity index is 1.69. The number of nitro benzene ring substituents is 1. The van der Waals surface area contributed by atoms with Crippen LogP contribution < -0.4 is 15.0 Å². The lowest BCUT2D eigenvalue weighted by molar-refractivity contribution is -0.384. The summed E-state index contributed by atoms with van der Waals surface area (Å²) in [6.07, 6.45) is 1.55. The number of imidazole rings is 1. The van der Waals surface area contributed by atoms with Gasteiger partial charge < -0.3 is 24.4 Å². The molecule has 0 aliphatic carbocycles. The molecule has 4 aromatic rings. The molecule has 0 aliphatic heterocycles. The molecule has 12 heteroatoms. The Morgan fingerprint density at radius 1 is 1.14 bits per heavy atom. The Morgan fingerprint density at radius 2 is 1.92 bits per heavy atom. The zero-order chi connectivity index (χ0) is 26.0. The number of aromatic nitrogens is 4. The van der Waals surface area contributed by atoms with Gasteiger partial charge in [0.25, 0.3) is 5.69 Å². The first-order valence-electron chi connectivity index (χ1n) is 11.1. The minimum Gasteiger partial charge on any atom is -0.494 e. The smallest absolute Gasteiger partial charge is 0.294 e. The van der Waals surface area contributed by atoms with Crippen molar-refractivity contribution >= 4 is 34.0 Å². The number of nitrogens with zero attached hydrogens (tertiary/aromatic N) is 7. The van der Waals surface area contributed by atoms with Gasteiger partial charge in [-0.3, -0.25) is 10.1 Å². The number of aryl methyl sites for hydroxylation is 1.